The second-order valence-electron chi connectivity index (χ2n) is 12.1. The van der Waals surface area contributed by atoms with E-state index in [1.54, 1.807) is 12.1 Å². The van der Waals surface area contributed by atoms with Gasteiger partial charge in [-0.25, -0.2) is 8.42 Å². The number of para-hydroxylation sites is 1. The Bertz CT molecular complexity index is 1790. The maximum atomic E-state index is 14.5. The first-order chi connectivity index (χ1) is 19.3. The van der Waals surface area contributed by atoms with Crippen LogP contribution >= 0.6 is 0 Å². The van der Waals surface area contributed by atoms with Crippen LogP contribution in [0.1, 0.15) is 59.8 Å². The highest BCUT2D eigenvalue weighted by atomic mass is 32.2. The van der Waals surface area contributed by atoms with Gasteiger partial charge < -0.3 is 10.1 Å². The molecule has 0 atom stereocenters. The average molecular weight is 564 g/mol. The molecule has 0 bridgehead atoms. The van der Waals surface area contributed by atoms with E-state index < -0.39 is 20.9 Å². The first-order valence-electron chi connectivity index (χ1n) is 13.8. The van der Waals surface area contributed by atoms with Gasteiger partial charge >= 0.3 is 0 Å². The molecule has 5 aromatic rings. The van der Waals surface area contributed by atoms with Crippen molar-refractivity contribution in [3.63, 3.8) is 0 Å². The van der Waals surface area contributed by atoms with Gasteiger partial charge in [-0.3, -0.25) is 0 Å². The molecule has 0 amide bonds. The summed E-state index contributed by atoms with van der Waals surface area (Å²) in [5.74, 6) is 0. The Kier molecular flexibility index (Phi) is 7.31. The quantitative estimate of drug-likeness (QED) is 0.219. The van der Waals surface area contributed by atoms with Crippen LogP contribution in [0.3, 0.4) is 0 Å². The Hall–Kier alpha value is -3.93. The Labute approximate surface area is 243 Å². The number of sulfone groups is 1. The number of hydrogen-bond donors (Lipinski definition) is 2. The molecule has 0 saturated heterocycles. The van der Waals surface area contributed by atoms with Crippen LogP contribution in [0, 0.1) is 26.2 Å². The van der Waals surface area contributed by atoms with Crippen molar-refractivity contribution >= 4 is 25.6 Å². The van der Waals surface area contributed by atoms with E-state index in [2.05, 4.69) is 4.98 Å². The van der Waals surface area contributed by atoms with Crippen LogP contribution < -0.4 is 0 Å². The fourth-order valence-corrected chi connectivity index (χ4v) is 6.97. The molecule has 0 unspecified atom stereocenters. The van der Waals surface area contributed by atoms with Crippen molar-refractivity contribution in [1.29, 1.82) is 0 Å². The molecule has 210 valence electrons. The minimum absolute atomic E-state index is 0.166. The van der Waals surface area contributed by atoms with Crippen LogP contribution in [0.15, 0.2) is 108 Å². The van der Waals surface area contributed by atoms with Crippen molar-refractivity contribution < 1.29 is 13.5 Å². The SMILES string of the molecule is Cc1ccc(C(O)(c2ccc(C)cc2)c2[nH]c3ccccc3c2C(=CC(C)(C)C)S(=O)(=O)c2ccc(C)cc2)cc1. The molecular formula is C36H37NO3S. The Morgan fingerprint density at radius 3 is 1.66 bits per heavy atom. The number of H-pyrrole nitrogens is 1. The molecule has 41 heavy (non-hydrogen) atoms. The van der Waals surface area contributed by atoms with Crippen LogP contribution in [0.5, 0.6) is 0 Å². The Morgan fingerprint density at radius 1 is 0.707 bits per heavy atom. The second kappa shape index (κ2) is 10.5. The Morgan fingerprint density at radius 2 is 1.17 bits per heavy atom. The molecule has 2 N–H and O–H groups in total. The summed E-state index contributed by atoms with van der Waals surface area (Å²) in [6, 6.07) is 30.1. The van der Waals surface area contributed by atoms with Crippen LogP contribution in [-0.4, -0.2) is 18.5 Å². The van der Waals surface area contributed by atoms with Crippen LogP contribution in [0.4, 0.5) is 0 Å². The summed E-state index contributed by atoms with van der Waals surface area (Å²) in [5, 5.41) is 13.7. The lowest BCUT2D eigenvalue weighted by atomic mass is 9.80. The molecule has 4 nitrogen and oxygen atoms in total. The number of fused-ring (bicyclic) bond motifs is 1. The molecule has 5 heteroatoms. The van der Waals surface area contributed by atoms with Gasteiger partial charge in [-0.15, -0.1) is 0 Å². The number of benzene rings is 4. The van der Waals surface area contributed by atoms with Crippen LogP contribution in [0.25, 0.3) is 15.8 Å². The van der Waals surface area contributed by atoms with E-state index in [0.29, 0.717) is 22.4 Å². The van der Waals surface area contributed by atoms with E-state index >= 15 is 0 Å². The summed E-state index contributed by atoms with van der Waals surface area (Å²) < 4.78 is 29.1. The Balaban J connectivity index is 1.92. The first kappa shape index (κ1) is 28.6. The largest absolute Gasteiger partial charge is 0.375 e. The van der Waals surface area contributed by atoms with Gasteiger partial charge in [0.2, 0.25) is 9.84 Å². The topological polar surface area (TPSA) is 70.2 Å². The zero-order valence-electron chi connectivity index (χ0n) is 24.5. The van der Waals surface area contributed by atoms with E-state index in [4.69, 9.17) is 0 Å². The van der Waals surface area contributed by atoms with Gasteiger partial charge in [-0.05, 0) is 55.5 Å². The fraction of sp³-hybridized carbons (Fsp3) is 0.222. The summed E-state index contributed by atoms with van der Waals surface area (Å²) in [7, 11) is -4.00. The third kappa shape index (κ3) is 5.40. The number of aromatic amines is 1. The van der Waals surface area contributed by atoms with Crippen molar-refractivity contribution in [2.75, 3.05) is 0 Å². The van der Waals surface area contributed by atoms with Gasteiger partial charge in [0, 0.05) is 16.5 Å². The van der Waals surface area contributed by atoms with Gasteiger partial charge in [-0.1, -0.05) is 122 Å². The molecule has 0 spiro atoms. The summed E-state index contributed by atoms with van der Waals surface area (Å²) >= 11 is 0. The van der Waals surface area contributed by atoms with E-state index in [-0.39, 0.29) is 9.80 Å². The fourth-order valence-electron chi connectivity index (χ4n) is 5.24. The number of nitrogens with one attached hydrogen (secondary N) is 1. The molecule has 0 aliphatic carbocycles. The third-order valence-electron chi connectivity index (χ3n) is 7.44. The highest BCUT2D eigenvalue weighted by Gasteiger charge is 2.41. The summed E-state index contributed by atoms with van der Waals surface area (Å²) in [6.45, 7) is 11.9. The molecule has 0 radical (unpaired) electrons. The maximum absolute atomic E-state index is 14.5. The molecule has 0 aliphatic rings. The molecule has 0 fully saturated rings. The predicted molar refractivity (Wildman–Crippen MR) is 169 cm³/mol. The van der Waals surface area contributed by atoms with E-state index in [1.807, 2.05) is 133 Å². The summed E-state index contributed by atoms with van der Waals surface area (Å²) in [5.41, 5.74) is 3.87. The van der Waals surface area contributed by atoms with Crippen LogP contribution in [-0.2, 0) is 15.4 Å². The number of aryl methyl sites for hydroxylation is 3. The molecule has 0 aliphatic heterocycles. The van der Waals surface area contributed by atoms with Crippen molar-refractivity contribution in [2.24, 2.45) is 5.41 Å². The molecule has 4 aromatic carbocycles. The lowest BCUT2D eigenvalue weighted by Gasteiger charge is -2.31. The number of aromatic nitrogens is 1. The standard InChI is InChI=1S/C36H37NO3S/c1-24-11-17-27(18-12-24)36(38,28-19-13-25(2)14-20-28)34-33(30-9-7-8-10-31(30)37-34)32(23-35(4,5)6)41(39,40)29-21-15-26(3)16-22-29/h7-23,37-38H,1-6H3. The minimum Gasteiger partial charge on any atom is -0.375 e. The molecular weight excluding hydrogens is 526 g/mol. The van der Waals surface area contributed by atoms with E-state index in [0.717, 1.165) is 27.6 Å². The van der Waals surface area contributed by atoms with Gasteiger partial charge in [0.25, 0.3) is 0 Å². The highest BCUT2D eigenvalue weighted by Crippen LogP contribution is 2.46. The van der Waals surface area contributed by atoms with E-state index in [1.165, 1.54) is 0 Å². The zero-order chi connectivity index (χ0) is 29.6. The first-order valence-corrected chi connectivity index (χ1v) is 15.3. The molecule has 0 saturated carbocycles. The minimum atomic E-state index is -4.00. The van der Waals surface area contributed by atoms with Gasteiger partial charge in [0.1, 0.15) is 0 Å². The van der Waals surface area contributed by atoms with Gasteiger partial charge in [0.05, 0.1) is 15.5 Å². The average Bonchev–Trinajstić information content (AvgIpc) is 3.31. The van der Waals surface area contributed by atoms with Gasteiger partial charge in [0.15, 0.2) is 5.60 Å². The van der Waals surface area contributed by atoms with Gasteiger partial charge in [-0.2, -0.15) is 0 Å². The highest BCUT2D eigenvalue weighted by molar-refractivity contribution is 8.00. The van der Waals surface area contributed by atoms with Crippen molar-refractivity contribution in [1.82, 2.24) is 4.98 Å². The molecule has 1 aromatic heterocycles. The lowest BCUT2D eigenvalue weighted by molar-refractivity contribution is 0.121. The maximum Gasteiger partial charge on any atom is 0.206 e. The normalized spacial score (nSPS) is 13.1. The second-order valence-corrected chi connectivity index (χ2v) is 14.0. The molecule has 5 rings (SSSR count). The van der Waals surface area contributed by atoms with Crippen LogP contribution in [0.2, 0.25) is 0 Å². The predicted octanol–water partition coefficient (Wildman–Crippen LogP) is 8.24. The van der Waals surface area contributed by atoms with Crippen molar-refractivity contribution in [3.8, 4) is 0 Å². The van der Waals surface area contributed by atoms with Crippen molar-refractivity contribution in [3.05, 3.63) is 142 Å². The lowest BCUT2D eigenvalue weighted by Crippen LogP contribution is -2.31. The summed E-state index contributed by atoms with van der Waals surface area (Å²) in [6.07, 6.45) is 1.81. The van der Waals surface area contributed by atoms with Crippen molar-refractivity contribution in [2.45, 2.75) is 52.0 Å². The number of hydrogen-bond acceptors (Lipinski definition) is 3. The molecule has 1 heterocycles. The smallest absolute Gasteiger partial charge is 0.206 e. The monoisotopic (exact) mass is 563 g/mol. The zero-order valence-corrected chi connectivity index (χ0v) is 25.3. The number of allylic oxidation sites excluding steroid dienone is 1. The van der Waals surface area contributed by atoms with E-state index in [9.17, 15) is 13.5 Å². The number of aliphatic hydroxyl groups is 1. The third-order valence-corrected chi connectivity index (χ3v) is 9.23. The summed E-state index contributed by atoms with van der Waals surface area (Å²) in [4.78, 5) is 3.85. The number of rotatable bonds is 6.